The first-order valence-electron chi connectivity index (χ1n) is 6.04. The fourth-order valence-electron chi connectivity index (χ4n) is 2.39. The predicted molar refractivity (Wildman–Crippen MR) is 75.6 cm³/mol. The largest absolute Gasteiger partial charge is 0.480 e. The van der Waals surface area contributed by atoms with Crippen LogP contribution in [0.1, 0.15) is 12.0 Å². The second-order valence-corrected chi connectivity index (χ2v) is 7.59. The van der Waals surface area contributed by atoms with Crippen molar-refractivity contribution in [2.24, 2.45) is 5.92 Å². The lowest BCUT2D eigenvalue weighted by Crippen LogP contribution is -2.26. The van der Waals surface area contributed by atoms with Gasteiger partial charge in [-0.05, 0) is 18.6 Å². The van der Waals surface area contributed by atoms with Crippen molar-refractivity contribution in [1.82, 2.24) is 4.98 Å². The normalized spacial score (nSPS) is 19.4. The third kappa shape index (κ3) is 3.21. The highest BCUT2D eigenvalue weighted by atomic mass is 35.7. The van der Waals surface area contributed by atoms with Crippen LogP contribution in [0.4, 0.5) is 5.69 Å². The summed E-state index contributed by atoms with van der Waals surface area (Å²) in [5, 5.41) is 0. The third-order valence-corrected chi connectivity index (χ3v) is 4.44. The molecular weight excluding hydrogens is 304 g/mol. The Morgan fingerprint density at radius 2 is 2.25 bits per heavy atom. The molecule has 1 aromatic rings. The van der Waals surface area contributed by atoms with Crippen molar-refractivity contribution in [3.8, 4) is 5.88 Å². The van der Waals surface area contributed by atoms with Gasteiger partial charge in [0.1, 0.15) is 5.69 Å². The van der Waals surface area contributed by atoms with Crippen LogP contribution in [0, 0.1) is 12.8 Å². The molecule has 110 valence electrons. The maximum absolute atomic E-state index is 12.1. The minimum atomic E-state index is -3.62. The van der Waals surface area contributed by atoms with Crippen molar-refractivity contribution in [2.45, 2.75) is 13.3 Å². The fourth-order valence-corrected chi connectivity index (χ4v) is 3.71. The molecule has 1 amide bonds. The van der Waals surface area contributed by atoms with Crippen molar-refractivity contribution >= 4 is 31.3 Å². The van der Waals surface area contributed by atoms with E-state index in [-0.39, 0.29) is 24.0 Å². The fraction of sp³-hybridized carbons (Fsp3) is 0.500. The van der Waals surface area contributed by atoms with Crippen LogP contribution in [0.3, 0.4) is 0 Å². The Kier molecular flexibility index (Phi) is 4.19. The van der Waals surface area contributed by atoms with E-state index < -0.39 is 9.05 Å². The van der Waals surface area contributed by atoms with Crippen LogP contribution in [-0.2, 0) is 13.8 Å². The average Bonchev–Trinajstić information content (AvgIpc) is 2.67. The number of methoxy groups -OCH3 is 1. The smallest absolute Gasteiger partial charge is 0.237 e. The Hall–Kier alpha value is -1.34. The molecular formula is C12H15ClN2O4S. The van der Waals surface area contributed by atoms with E-state index >= 15 is 0 Å². The average molecular weight is 319 g/mol. The molecule has 0 spiro atoms. The molecule has 1 fully saturated rings. The van der Waals surface area contributed by atoms with Gasteiger partial charge in [-0.25, -0.2) is 13.4 Å². The Bertz CT molecular complexity index is 632. The van der Waals surface area contributed by atoms with Crippen LogP contribution in [0.15, 0.2) is 12.3 Å². The lowest BCUT2D eigenvalue weighted by atomic mass is 10.1. The van der Waals surface area contributed by atoms with Crippen LogP contribution >= 0.6 is 10.7 Å². The maximum atomic E-state index is 12.1. The van der Waals surface area contributed by atoms with Crippen molar-refractivity contribution < 1.29 is 17.9 Å². The lowest BCUT2D eigenvalue weighted by Gasteiger charge is -2.20. The summed E-state index contributed by atoms with van der Waals surface area (Å²) < 4.78 is 27.4. The molecule has 1 atom stereocenters. The molecule has 0 aromatic carbocycles. The zero-order chi connectivity index (χ0) is 14.9. The summed E-state index contributed by atoms with van der Waals surface area (Å²) in [6.45, 7) is 2.14. The number of carbonyl (C=O) groups excluding carboxylic acids is 1. The highest BCUT2D eigenvalue weighted by molar-refractivity contribution is 8.13. The molecule has 1 aromatic heterocycles. The van der Waals surface area contributed by atoms with Gasteiger partial charge >= 0.3 is 0 Å². The maximum Gasteiger partial charge on any atom is 0.237 e. The first-order valence-corrected chi connectivity index (χ1v) is 8.52. The zero-order valence-corrected chi connectivity index (χ0v) is 12.7. The van der Waals surface area contributed by atoms with E-state index in [4.69, 9.17) is 15.4 Å². The van der Waals surface area contributed by atoms with Gasteiger partial charge in [-0.1, -0.05) is 0 Å². The predicted octanol–water partition coefficient (Wildman–Crippen LogP) is 1.32. The summed E-state index contributed by atoms with van der Waals surface area (Å²) in [5.41, 5.74) is 1.44. The number of hydrogen-bond acceptors (Lipinski definition) is 5. The molecule has 0 N–H and O–H groups in total. The number of carbonyl (C=O) groups is 1. The molecule has 0 saturated carbocycles. The number of pyridine rings is 1. The van der Waals surface area contributed by atoms with Gasteiger partial charge in [0.2, 0.25) is 20.8 Å². The number of rotatable bonds is 4. The number of hydrogen-bond donors (Lipinski definition) is 0. The number of ether oxygens (including phenoxy) is 1. The van der Waals surface area contributed by atoms with Crippen LogP contribution in [0.25, 0.3) is 0 Å². The number of aromatic nitrogens is 1. The molecule has 2 heterocycles. The summed E-state index contributed by atoms with van der Waals surface area (Å²) >= 11 is 0. The topological polar surface area (TPSA) is 76.6 Å². The summed E-state index contributed by atoms with van der Waals surface area (Å²) in [6, 6.07) is 1.77. The molecule has 0 bridgehead atoms. The Balaban J connectivity index is 2.29. The molecule has 1 aliphatic heterocycles. The second kappa shape index (κ2) is 5.57. The summed E-state index contributed by atoms with van der Waals surface area (Å²) in [6.07, 6.45) is 1.75. The van der Waals surface area contributed by atoms with Crippen LogP contribution in [0.5, 0.6) is 5.88 Å². The SMILES string of the molecule is COc1nccc(C)c1N1CC(CS(=O)(=O)Cl)CC1=O. The number of halogens is 1. The van der Waals surface area contributed by atoms with Gasteiger partial charge in [-0.2, -0.15) is 0 Å². The van der Waals surface area contributed by atoms with E-state index in [1.54, 1.807) is 12.3 Å². The van der Waals surface area contributed by atoms with Crippen LogP contribution < -0.4 is 9.64 Å². The summed E-state index contributed by atoms with van der Waals surface area (Å²) in [5.74, 6) is -0.315. The Labute approximate surface area is 122 Å². The standard InChI is InChI=1S/C12H15ClN2O4S/c1-8-3-4-14-12(19-2)11(8)15-6-9(5-10(15)16)7-20(13,17)18/h3-4,9H,5-7H2,1-2H3. The number of nitrogens with zero attached hydrogens (tertiary/aromatic N) is 2. The zero-order valence-electron chi connectivity index (χ0n) is 11.2. The van der Waals surface area contributed by atoms with E-state index in [1.807, 2.05) is 6.92 Å². The first-order chi connectivity index (χ1) is 9.31. The Morgan fingerprint density at radius 3 is 2.85 bits per heavy atom. The molecule has 1 saturated heterocycles. The van der Waals surface area contributed by atoms with Gasteiger partial charge in [0, 0.05) is 35.8 Å². The Morgan fingerprint density at radius 1 is 1.55 bits per heavy atom. The van der Waals surface area contributed by atoms with Crippen molar-refractivity contribution in [3.05, 3.63) is 17.8 Å². The monoisotopic (exact) mass is 318 g/mol. The number of aryl methyl sites for hydroxylation is 1. The van der Waals surface area contributed by atoms with Crippen molar-refractivity contribution in [2.75, 3.05) is 24.3 Å². The summed E-state index contributed by atoms with van der Waals surface area (Å²) in [7, 11) is 3.11. The first kappa shape index (κ1) is 15.1. The van der Waals surface area contributed by atoms with E-state index in [9.17, 15) is 13.2 Å². The number of amides is 1. The molecule has 1 aliphatic rings. The quantitative estimate of drug-likeness (QED) is 0.783. The van der Waals surface area contributed by atoms with Crippen molar-refractivity contribution in [1.29, 1.82) is 0 Å². The van der Waals surface area contributed by atoms with E-state index in [0.717, 1.165) is 5.56 Å². The number of anilines is 1. The molecule has 1 unspecified atom stereocenters. The highest BCUT2D eigenvalue weighted by Gasteiger charge is 2.35. The highest BCUT2D eigenvalue weighted by Crippen LogP contribution is 2.34. The van der Waals surface area contributed by atoms with Gasteiger partial charge in [-0.15, -0.1) is 0 Å². The summed E-state index contributed by atoms with van der Waals surface area (Å²) in [4.78, 5) is 17.7. The van der Waals surface area contributed by atoms with Gasteiger partial charge in [0.15, 0.2) is 0 Å². The minimum absolute atomic E-state index is 0.148. The van der Waals surface area contributed by atoms with Crippen LogP contribution in [0.2, 0.25) is 0 Å². The molecule has 2 rings (SSSR count). The lowest BCUT2D eigenvalue weighted by molar-refractivity contribution is -0.117. The third-order valence-electron chi connectivity index (χ3n) is 3.20. The second-order valence-electron chi connectivity index (χ2n) is 4.77. The molecule has 20 heavy (non-hydrogen) atoms. The molecule has 0 radical (unpaired) electrons. The van der Waals surface area contributed by atoms with E-state index in [0.29, 0.717) is 18.1 Å². The molecule has 8 heteroatoms. The molecule has 6 nitrogen and oxygen atoms in total. The van der Waals surface area contributed by atoms with Gasteiger partial charge in [-0.3, -0.25) is 4.79 Å². The van der Waals surface area contributed by atoms with Crippen LogP contribution in [-0.4, -0.2) is 38.7 Å². The van der Waals surface area contributed by atoms with Crippen molar-refractivity contribution in [3.63, 3.8) is 0 Å². The van der Waals surface area contributed by atoms with E-state index in [2.05, 4.69) is 4.98 Å². The minimum Gasteiger partial charge on any atom is -0.480 e. The van der Waals surface area contributed by atoms with Gasteiger partial charge in [0.25, 0.3) is 0 Å². The van der Waals surface area contributed by atoms with E-state index in [1.165, 1.54) is 12.0 Å². The van der Waals surface area contributed by atoms with Gasteiger partial charge < -0.3 is 9.64 Å². The molecule has 0 aliphatic carbocycles. The van der Waals surface area contributed by atoms with Gasteiger partial charge in [0.05, 0.1) is 12.9 Å².